The fourth-order valence-electron chi connectivity index (χ4n) is 2.52. The zero-order valence-corrected chi connectivity index (χ0v) is 15.3. The van der Waals surface area contributed by atoms with E-state index in [0.29, 0.717) is 6.42 Å². The standard InChI is InChI=1S/C19H30N2O3/c1-12(2)10-17(23)21-18(13(3)4)19(24)20-11-16(22)15-9-7-6-8-14(15)5/h6-9,12-13,16,18,22H,10-11H2,1-5H3,(H,20,24)(H,21,23). The predicted octanol–water partition coefficient (Wildman–Crippen LogP) is 2.33. The van der Waals surface area contributed by atoms with Crippen molar-refractivity contribution in [2.24, 2.45) is 11.8 Å². The van der Waals surface area contributed by atoms with E-state index >= 15 is 0 Å². The van der Waals surface area contributed by atoms with Crippen LogP contribution in [0.4, 0.5) is 0 Å². The van der Waals surface area contributed by atoms with Crippen LogP contribution in [0.15, 0.2) is 24.3 Å². The van der Waals surface area contributed by atoms with Crippen molar-refractivity contribution >= 4 is 11.8 Å². The van der Waals surface area contributed by atoms with E-state index in [-0.39, 0.29) is 30.2 Å². The van der Waals surface area contributed by atoms with Gasteiger partial charge in [0, 0.05) is 13.0 Å². The third-order valence-corrected chi connectivity index (χ3v) is 3.88. The first-order valence-corrected chi connectivity index (χ1v) is 8.53. The Hall–Kier alpha value is -1.88. The minimum Gasteiger partial charge on any atom is -0.387 e. The number of carbonyl (C=O) groups is 2. The van der Waals surface area contributed by atoms with Gasteiger partial charge in [-0.2, -0.15) is 0 Å². The Morgan fingerprint density at radius 2 is 1.75 bits per heavy atom. The summed E-state index contributed by atoms with van der Waals surface area (Å²) in [6.45, 7) is 9.73. The van der Waals surface area contributed by atoms with Gasteiger partial charge in [-0.05, 0) is 29.9 Å². The molecule has 24 heavy (non-hydrogen) atoms. The molecule has 1 aromatic carbocycles. The molecule has 1 rings (SSSR count). The second-order valence-corrected chi connectivity index (χ2v) is 7.00. The van der Waals surface area contributed by atoms with E-state index in [1.165, 1.54) is 0 Å². The topological polar surface area (TPSA) is 78.4 Å². The van der Waals surface area contributed by atoms with Gasteiger partial charge in [-0.1, -0.05) is 52.0 Å². The van der Waals surface area contributed by atoms with Gasteiger partial charge in [0.1, 0.15) is 6.04 Å². The van der Waals surface area contributed by atoms with Crippen molar-refractivity contribution in [3.8, 4) is 0 Å². The Morgan fingerprint density at radius 3 is 2.29 bits per heavy atom. The first kappa shape index (κ1) is 20.2. The third kappa shape index (κ3) is 6.32. The second-order valence-electron chi connectivity index (χ2n) is 7.00. The van der Waals surface area contributed by atoms with Gasteiger partial charge < -0.3 is 15.7 Å². The number of hydrogen-bond acceptors (Lipinski definition) is 3. The largest absolute Gasteiger partial charge is 0.387 e. The molecule has 5 heteroatoms. The summed E-state index contributed by atoms with van der Waals surface area (Å²) < 4.78 is 0. The quantitative estimate of drug-likeness (QED) is 0.683. The van der Waals surface area contributed by atoms with E-state index in [1.807, 2.05) is 58.9 Å². The molecule has 2 amide bonds. The molecule has 0 aliphatic rings. The lowest BCUT2D eigenvalue weighted by Gasteiger charge is -2.23. The monoisotopic (exact) mass is 334 g/mol. The molecule has 0 bridgehead atoms. The molecule has 0 aliphatic carbocycles. The number of nitrogens with one attached hydrogen (secondary N) is 2. The molecule has 0 saturated carbocycles. The smallest absolute Gasteiger partial charge is 0.242 e. The van der Waals surface area contributed by atoms with E-state index in [0.717, 1.165) is 11.1 Å². The molecular formula is C19H30N2O3. The van der Waals surface area contributed by atoms with E-state index in [1.54, 1.807) is 0 Å². The summed E-state index contributed by atoms with van der Waals surface area (Å²) in [6, 6.07) is 6.93. The lowest BCUT2D eigenvalue weighted by molar-refractivity contribution is -0.130. The van der Waals surface area contributed by atoms with Gasteiger partial charge in [-0.3, -0.25) is 9.59 Å². The molecule has 5 nitrogen and oxygen atoms in total. The molecule has 0 saturated heterocycles. The van der Waals surface area contributed by atoms with Gasteiger partial charge >= 0.3 is 0 Å². The third-order valence-electron chi connectivity index (χ3n) is 3.88. The molecule has 0 radical (unpaired) electrons. The van der Waals surface area contributed by atoms with E-state index < -0.39 is 12.1 Å². The van der Waals surface area contributed by atoms with Crippen molar-refractivity contribution < 1.29 is 14.7 Å². The predicted molar refractivity (Wildman–Crippen MR) is 95.4 cm³/mol. The summed E-state index contributed by atoms with van der Waals surface area (Å²) >= 11 is 0. The van der Waals surface area contributed by atoms with Crippen LogP contribution < -0.4 is 10.6 Å². The van der Waals surface area contributed by atoms with Crippen LogP contribution in [0.5, 0.6) is 0 Å². The Balaban J connectivity index is 2.62. The van der Waals surface area contributed by atoms with E-state index in [2.05, 4.69) is 10.6 Å². The van der Waals surface area contributed by atoms with Crippen LogP contribution in [0.2, 0.25) is 0 Å². The van der Waals surface area contributed by atoms with Crippen molar-refractivity contribution in [1.82, 2.24) is 10.6 Å². The molecule has 134 valence electrons. The molecule has 2 atom stereocenters. The Labute approximate surface area is 144 Å². The lowest BCUT2D eigenvalue weighted by atomic mass is 10.0. The highest BCUT2D eigenvalue weighted by Crippen LogP contribution is 2.16. The van der Waals surface area contributed by atoms with Crippen LogP contribution in [0, 0.1) is 18.8 Å². The van der Waals surface area contributed by atoms with Gasteiger partial charge in [0.15, 0.2) is 0 Å². The molecule has 2 unspecified atom stereocenters. The number of amides is 2. The maximum Gasteiger partial charge on any atom is 0.242 e. The average molecular weight is 334 g/mol. The SMILES string of the molecule is Cc1ccccc1C(O)CNC(=O)C(NC(=O)CC(C)C)C(C)C. The minimum atomic E-state index is -0.769. The summed E-state index contributed by atoms with van der Waals surface area (Å²) in [5.74, 6) is -0.187. The highest BCUT2D eigenvalue weighted by molar-refractivity contribution is 5.87. The zero-order chi connectivity index (χ0) is 18.3. The Bertz CT molecular complexity index is 555. The second kappa shape index (κ2) is 9.42. The molecule has 0 heterocycles. The van der Waals surface area contributed by atoms with Crippen LogP contribution in [0.3, 0.4) is 0 Å². The van der Waals surface area contributed by atoms with Crippen LogP contribution in [0.25, 0.3) is 0 Å². The van der Waals surface area contributed by atoms with E-state index in [9.17, 15) is 14.7 Å². The zero-order valence-electron chi connectivity index (χ0n) is 15.3. The van der Waals surface area contributed by atoms with Crippen molar-refractivity contribution in [3.63, 3.8) is 0 Å². The maximum atomic E-state index is 12.4. The fourth-order valence-corrected chi connectivity index (χ4v) is 2.52. The Kier molecular flexibility index (Phi) is 7.92. The number of rotatable bonds is 8. The average Bonchev–Trinajstić information content (AvgIpc) is 2.49. The highest BCUT2D eigenvalue weighted by Gasteiger charge is 2.25. The summed E-state index contributed by atoms with van der Waals surface area (Å²) in [7, 11) is 0. The molecule has 0 fully saturated rings. The molecule has 0 aromatic heterocycles. The summed E-state index contributed by atoms with van der Waals surface area (Å²) in [4.78, 5) is 24.3. The van der Waals surface area contributed by atoms with Crippen LogP contribution in [-0.4, -0.2) is 29.5 Å². The first-order chi connectivity index (χ1) is 11.2. The Morgan fingerprint density at radius 1 is 1.12 bits per heavy atom. The van der Waals surface area contributed by atoms with Crippen LogP contribution in [0.1, 0.15) is 51.3 Å². The number of benzene rings is 1. The number of aliphatic hydroxyl groups excluding tert-OH is 1. The van der Waals surface area contributed by atoms with Crippen molar-refractivity contribution in [2.45, 2.75) is 53.2 Å². The molecular weight excluding hydrogens is 304 g/mol. The van der Waals surface area contributed by atoms with E-state index in [4.69, 9.17) is 0 Å². The number of aryl methyl sites for hydroxylation is 1. The van der Waals surface area contributed by atoms with Crippen molar-refractivity contribution in [2.75, 3.05) is 6.54 Å². The normalized spacial score (nSPS) is 13.7. The maximum absolute atomic E-state index is 12.4. The first-order valence-electron chi connectivity index (χ1n) is 8.53. The lowest BCUT2D eigenvalue weighted by Crippen LogP contribution is -2.50. The summed E-state index contributed by atoms with van der Waals surface area (Å²) in [5.41, 5.74) is 1.77. The summed E-state index contributed by atoms with van der Waals surface area (Å²) in [5, 5.41) is 15.8. The van der Waals surface area contributed by atoms with Gasteiger partial charge in [0.05, 0.1) is 6.10 Å². The number of carbonyl (C=O) groups excluding carboxylic acids is 2. The molecule has 1 aromatic rings. The van der Waals surface area contributed by atoms with Crippen LogP contribution in [-0.2, 0) is 9.59 Å². The molecule has 0 spiro atoms. The minimum absolute atomic E-state index is 0.0308. The van der Waals surface area contributed by atoms with Gasteiger partial charge in [-0.15, -0.1) is 0 Å². The van der Waals surface area contributed by atoms with Gasteiger partial charge in [-0.25, -0.2) is 0 Å². The molecule has 0 aliphatic heterocycles. The number of hydrogen-bond donors (Lipinski definition) is 3. The van der Waals surface area contributed by atoms with Gasteiger partial charge in [0.25, 0.3) is 0 Å². The van der Waals surface area contributed by atoms with Crippen LogP contribution >= 0.6 is 0 Å². The summed E-state index contributed by atoms with van der Waals surface area (Å²) in [6.07, 6.45) is -0.378. The fraction of sp³-hybridized carbons (Fsp3) is 0.579. The van der Waals surface area contributed by atoms with Crippen molar-refractivity contribution in [1.29, 1.82) is 0 Å². The number of aliphatic hydroxyl groups is 1. The van der Waals surface area contributed by atoms with Gasteiger partial charge in [0.2, 0.25) is 11.8 Å². The highest BCUT2D eigenvalue weighted by atomic mass is 16.3. The molecule has 3 N–H and O–H groups in total. The van der Waals surface area contributed by atoms with Crippen molar-refractivity contribution in [3.05, 3.63) is 35.4 Å².